The molecule has 3 heterocycles. The highest BCUT2D eigenvalue weighted by Gasteiger charge is 2.43. The maximum atomic E-state index is 10.3. The predicted octanol–water partition coefficient (Wildman–Crippen LogP) is 5.61. The second-order valence-electron chi connectivity index (χ2n) is 10.9. The first kappa shape index (κ1) is 23.4. The van der Waals surface area contributed by atoms with Crippen LogP contribution in [0, 0.1) is 5.92 Å². The summed E-state index contributed by atoms with van der Waals surface area (Å²) in [5.74, 6) is 1.60. The summed E-state index contributed by atoms with van der Waals surface area (Å²) < 4.78 is 0. The Morgan fingerprint density at radius 2 is 1.47 bits per heavy atom. The summed E-state index contributed by atoms with van der Waals surface area (Å²) in [6, 6.07) is 11.2. The summed E-state index contributed by atoms with van der Waals surface area (Å²) >= 11 is 0. The lowest BCUT2D eigenvalue weighted by atomic mass is 9.97. The van der Waals surface area contributed by atoms with E-state index in [9.17, 15) is 5.11 Å². The smallest absolute Gasteiger partial charge is 0.169 e. The summed E-state index contributed by atoms with van der Waals surface area (Å²) in [7, 11) is 0. The maximum absolute atomic E-state index is 10.3. The Morgan fingerprint density at radius 1 is 0.824 bits per heavy atom. The van der Waals surface area contributed by atoms with Crippen LogP contribution in [0.3, 0.4) is 0 Å². The molecule has 2 saturated heterocycles. The molecule has 1 aromatic heterocycles. The molecule has 2 aliphatic heterocycles. The first-order valence-electron chi connectivity index (χ1n) is 13.5. The Kier molecular flexibility index (Phi) is 7.23. The number of hydrogen-bond acceptors (Lipinski definition) is 6. The van der Waals surface area contributed by atoms with Crippen LogP contribution in [0.15, 0.2) is 30.3 Å². The molecule has 2 aromatic rings. The van der Waals surface area contributed by atoms with E-state index in [4.69, 9.17) is 5.73 Å². The molecule has 2 bridgehead atoms. The summed E-state index contributed by atoms with van der Waals surface area (Å²) in [5, 5.41) is 18.9. The van der Waals surface area contributed by atoms with Gasteiger partial charge in [0.1, 0.15) is 5.75 Å². The zero-order chi connectivity index (χ0) is 23.5. The molecule has 0 radical (unpaired) electrons. The topological polar surface area (TPSA) is 78.5 Å². The lowest BCUT2D eigenvalue weighted by molar-refractivity contribution is 0.0947. The standard InChI is InChI=1S/C28H41N5O/c1-20-9-3-2-4-11-21(12-6-5-10-20)33-22-15-16-23(33)19-32(18-22)26-17-25(30-31-28(26)29)24-13-7-8-14-27(24)34/h7-8,13-14,17,20-23,34H,2-6,9-12,15-16,18-19H2,1H3,(H2,29,31). The van der Waals surface area contributed by atoms with Gasteiger partial charge in [0.15, 0.2) is 5.82 Å². The minimum atomic E-state index is 0.221. The van der Waals surface area contributed by atoms with Gasteiger partial charge in [-0.05, 0) is 49.8 Å². The number of phenols is 1. The third kappa shape index (κ3) is 5.02. The fraction of sp³-hybridized carbons (Fsp3) is 0.643. The highest BCUT2D eigenvalue weighted by atomic mass is 16.3. The Morgan fingerprint density at radius 3 is 2.21 bits per heavy atom. The molecule has 34 heavy (non-hydrogen) atoms. The number of para-hydroxylation sites is 1. The number of aromatic nitrogens is 2. The second-order valence-corrected chi connectivity index (χ2v) is 10.9. The van der Waals surface area contributed by atoms with E-state index < -0.39 is 0 Å². The highest BCUT2D eigenvalue weighted by Crippen LogP contribution is 2.39. The molecule has 3 fully saturated rings. The molecule has 4 unspecified atom stereocenters. The van der Waals surface area contributed by atoms with Crippen molar-refractivity contribution in [1.82, 2.24) is 15.1 Å². The molecule has 0 spiro atoms. The number of fused-ring (bicyclic) bond motifs is 2. The normalized spacial score (nSPS) is 29.0. The molecule has 5 rings (SSSR count). The van der Waals surface area contributed by atoms with Crippen molar-refractivity contribution in [3.8, 4) is 17.0 Å². The molecule has 3 aliphatic rings. The van der Waals surface area contributed by atoms with Gasteiger partial charge in [-0.2, -0.15) is 0 Å². The fourth-order valence-electron chi connectivity index (χ4n) is 6.70. The zero-order valence-corrected chi connectivity index (χ0v) is 20.7. The Labute approximate surface area is 204 Å². The van der Waals surface area contributed by atoms with Crippen molar-refractivity contribution < 1.29 is 5.11 Å². The third-order valence-corrected chi connectivity index (χ3v) is 8.50. The van der Waals surface area contributed by atoms with Crippen LogP contribution in [-0.4, -0.2) is 51.4 Å². The first-order chi connectivity index (χ1) is 16.6. The van der Waals surface area contributed by atoms with Gasteiger partial charge in [0.25, 0.3) is 0 Å². The van der Waals surface area contributed by atoms with E-state index >= 15 is 0 Å². The van der Waals surface area contributed by atoms with Crippen LogP contribution in [-0.2, 0) is 0 Å². The number of rotatable bonds is 3. The van der Waals surface area contributed by atoms with Crippen LogP contribution in [0.1, 0.15) is 77.6 Å². The van der Waals surface area contributed by atoms with Gasteiger partial charge in [-0.3, -0.25) is 4.90 Å². The van der Waals surface area contributed by atoms with Gasteiger partial charge in [0, 0.05) is 36.8 Å². The molecule has 4 atom stereocenters. The van der Waals surface area contributed by atoms with E-state index in [0.717, 1.165) is 30.7 Å². The van der Waals surface area contributed by atoms with Crippen LogP contribution >= 0.6 is 0 Å². The monoisotopic (exact) mass is 463 g/mol. The molecule has 0 amide bonds. The van der Waals surface area contributed by atoms with Gasteiger partial charge in [0.05, 0.1) is 11.4 Å². The van der Waals surface area contributed by atoms with Gasteiger partial charge in [0.2, 0.25) is 0 Å². The van der Waals surface area contributed by atoms with Crippen molar-refractivity contribution in [1.29, 1.82) is 0 Å². The fourth-order valence-corrected chi connectivity index (χ4v) is 6.70. The van der Waals surface area contributed by atoms with E-state index in [-0.39, 0.29) is 5.75 Å². The minimum absolute atomic E-state index is 0.221. The average Bonchev–Trinajstić information content (AvgIpc) is 3.07. The number of hydrogen-bond donors (Lipinski definition) is 2. The minimum Gasteiger partial charge on any atom is -0.507 e. The highest BCUT2D eigenvalue weighted by molar-refractivity contribution is 5.74. The largest absolute Gasteiger partial charge is 0.507 e. The van der Waals surface area contributed by atoms with Gasteiger partial charge >= 0.3 is 0 Å². The summed E-state index contributed by atoms with van der Waals surface area (Å²) in [6.07, 6.45) is 15.0. The molecule has 3 N–H and O–H groups in total. The Balaban J connectivity index is 1.31. The predicted molar refractivity (Wildman–Crippen MR) is 139 cm³/mol. The van der Waals surface area contributed by atoms with Crippen molar-refractivity contribution in [2.45, 2.75) is 95.7 Å². The number of piperazine rings is 1. The van der Waals surface area contributed by atoms with Crippen LogP contribution in [0.4, 0.5) is 11.5 Å². The molecule has 1 saturated carbocycles. The van der Waals surface area contributed by atoms with E-state index in [2.05, 4.69) is 26.9 Å². The Hall–Kier alpha value is -2.34. The number of nitrogens with zero attached hydrogens (tertiary/aromatic N) is 4. The number of anilines is 2. The van der Waals surface area contributed by atoms with Gasteiger partial charge in [-0.25, -0.2) is 0 Å². The quantitative estimate of drug-likeness (QED) is 0.616. The molecule has 184 valence electrons. The third-order valence-electron chi connectivity index (χ3n) is 8.50. The van der Waals surface area contributed by atoms with E-state index in [1.165, 1.54) is 70.6 Å². The van der Waals surface area contributed by atoms with Crippen molar-refractivity contribution in [2.24, 2.45) is 5.92 Å². The van der Waals surface area contributed by atoms with E-state index in [0.29, 0.717) is 29.2 Å². The lowest BCUT2D eigenvalue weighted by Gasteiger charge is -2.46. The molecular weight excluding hydrogens is 422 g/mol. The molecule has 1 aromatic carbocycles. The first-order valence-corrected chi connectivity index (χ1v) is 13.5. The van der Waals surface area contributed by atoms with Crippen LogP contribution in [0.2, 0.25) is 0 Å². The number of benzene rings is 1. The number of nitrogen functional groups attached to an aromatic ring is 1. The summed E-state index contributed by atoms with van der Waals surface area (Å²) in [6.45, 7) is 4.44. The van der Waals surface area contributed by atoms with Crippen molar-refractivity contribution >= 4 is 11.5 Å². The van der Waals surface area contributed by atoms with E-state index in [1.807, 2.05) is 24.3 Å². The number of aromatic hydroxyl groups is 1. The van der Waals surface area contributed by atoms with Crippen molar-refractivity contribution in [3.05, 3.63) is 30.3 Å². The lowest BCUT2D eigenvalue weighted by Crippen LogP contribution is -2.57. The zero-order valence-electron chi connectivity index (χ0n) is 20.7. The van der Waals surface area contributed by atoms with E-state index in [1.54, 1.807) is 6.07 Å². The van der Waals surface area contributed by atoms with Gasteiger partial charge < -0.3 is 15.7 Å². The molecule has 1 aliphatic carbocycles. The molecule has 6 nitrogen and oxygen atoms in total. The second kappa shape index (κ2) is 10.5. The molecule has 6 heteroatoms. The van der Waals surface area contributed by atoms with Gasteiger partial charge in [-0.15, -0.1) is 10.2 Å². The van der Waals surface area contributed by atoms with Gasteiger partial charge in [-0.1, -0.05) is 64.0 Å². The average molecular weight is 464 g/mol. The van der Waals surface area contributed by atoms with Crippen molar-refractivity contribution in [2.75, 3.05) is 23.7 Å². The summed E-state index contributed by atoms with van der Waals surface area (Å²) in [5.41, 5.74) is 8.66. The molecular formula is C28H41N5O. The maximum Gasteiger partial charge on any atom is 0.169 e. The van der Waals surface area contributed by atoms with Crippen LogP contribution in [0.5, 0.6) is 5.75 Å². The number of phenolic OH excluding ortho intramolecular Hbond substituents is 1. The SMILES string of the molecule is CC1CCCCCC(N2C3CCC2CN(c2cc(-c4ccccc4O)nnc2N)C3)CCCC1. The van der Waals surface area contributed by atoms with Crippen molar-refractivity contribution in [3.63, 3.8) is 0 Å². The van der Waals surface area contributed by atoms with Crippen LogP contribution in [0.25, 0.3) is 11.3 Å². The Bertz CT molecular complexity index is 952. The van der Waals surface area contributed by atoms with Crippen LogP contribution < -0.4 is 10.6 Å². The number of nitrogens with two attached hydrogens (primary N) is 1. The summed E-state index contributed by atoms with van der Waals surface area (Å²) in [4.78, 5) is 5.34.